The van der Waals surface area contributed by atoms with Crippen molar-refractivity contribution in [2.75, 3.05) is 12.4 Å². The van der Waals surface area contributed by atoms with E-state index in [0.29, 0.717) is 17.1 Å². The molecule has 0 amide bonds. The lowest BCUT2D eigenvalue weighted by atomic mass is 10.1. The van der Waals surface area contributed by atoms with E-state index in [1.54, 1.807) is 18.7 Å². The van der Waals surface area contributed by atoms with E-state index >= 15 is 0 Å². The summed E-state index contributed by atoms with van der Waals surface area (Å²) in [7, 11) is 3.23. The second kappa shape index (κ2) is 5.87. The smallest absolute Gasteiger partial charge is 0.331 e. The number of para-hydroxylation sites is 1. The van der Waals surface area contributed by atoms with E-state index in [2.05, 4.69) is 10.4 Å². The van der Waals surface area contributed by atoms with Crippen LogP contribution in [0.2, 0.25) is 0 Å². The summed E-state index contributed by atoms with van der Waals surface area (Å²) in [6, 6.07) is 6.63. The maximum absolute atomic E-state index is 11.7. The zero-order chi connectivity index (χ0) is 15.6. The summed E-state index contributed by atoms with van der Waals surface area (Å²) < 4.78 is 6.83. The van der Waals surface area contributed by atoms with Gasteiger partial charge in [-0.1, -0.05) is 18.2 Å². The zero-order valence-corrected chi connectivity index (χ0v) is 12.5. The molecule has 0 radical (unpaired) electrons. The first-order valence-electron chi connectivity index (χ1n) is 6.58. The van der Waals surface area contributed by atoms with E-state index < -0.39 is 12.0 Å². The molecule has 2 aromatic rings. The van der Waals surface area contributed by atoms with E-state index in [1.807, 2.05) is 31.2 Å². The molecule has 0 spiro atoms. The Bertz CT molecular complexity index is 664. The molecule has 0 aliphatic rings. The van der Waals surface area contributed by atoms with Crippen LogP contribution in [0.1, 0.15) is 22.9 Å². The number of hydrogen-bond donors (Lipinski definition) is 2. The molecule has 0 saturated heterocycles. The number of carbonyl (C=O) groups is 1. The van der Waals surface area contributed by atoms with Gasteiger partial charge in [0.25, 0.3) is 0 Å². The number of hydrogen-bond acceptors (Lipinski definition) is 4. The molecular formula is C15H19N3O3. The SMILES string of the molecule is COc1c(C(Nc2ccccc2C)C(=O)O)c(C)nn1C. The number of nitrogens with zero attached hydrogens (tertiary/aromatic N) is 2. The van der Waals surface area contributed by atoms with Crippen LogP contribution in [0.5, 0.6) is 5.88 Å². The Balaban J connectivity index is 2.46. The fraction of sp³-hybridized carbons (Fsp3) is 0.333. The van der Waals surface area contributed by atoms with Gasteiger partial charge in [-0.15, -0.1) is 0 Å². The predicted molar refractivity (Wildman–Crippen MR) is 79.7 cm³/mol. The Kier molecular flexibility index (Phi) is 4.16. The van der Waals surface area contributed by atoms with Crippen LogP contribution in [0.15, 0.2) is 24.3 Å². The summed E-state index contributed by atoms with van der Waals surface area (Å²) in [6.07, 6.45) is 0. The van der Waals surface area contributed by atoms with Gasteiger partial charge in [0, 0.05) is 12.7 Å². The summed E-state index contributed by atoms with van der Waals surface area (Å²) in [5.41, 5.74) is 2.91. The average Bonchev–Trinajstić information content (AvgIpc) is 2.71. The molecule has 0 bridgehead atoms. The molecule has 0 aliphatic heterocycles. The summed E-state index contributed by atoms with van der Waals surface area (Å²) >= 11 is 0. The van der Waals surface area contributed by atoms with Gasteiger partial charge in [-0.2, -0.15) is 5.10 Å². The van der Waals surface area contributed by atoms with Gasteiger partial charge < -0.3 is 15.2 Å². The highest BCUT2D eigenvalue weighted by molar-refractivity contribution is 5.81. The monoisotopic (exact) mass is 289 g/mol. The van der Waals surface area contributed by atoms with Crippen LogP contribution >= 0.6 is 0 Å². The van der Waals surface area contributed by atoms with Crippen LogP contribution in [-0.4, -0.2) is 28.0 Å². The number of anilines is 1. The Hall–Kier alpha value is -2.50. The number of benzene rings is 1. The molecule has 2 N–H and O–H groups in total. The van der Waals surface area contributed by atoms with E-state index in [9.17, 15) is 9.90 Å². The van der Waals surface area contributed by atoms with E-state index in [1.165, 1.54) is 7.11 Å². The Morgan fingerprint density at radius 2 is 2.05 bits per heavy atom. The molecule has 1 atom stereocenters. The zero-order valence-electron chi connectivity index (χ0n) is 12.5. The maximum atomic E-state index is 11.7. The fourth-order valence-corrected chi connectivity index (χ4v) is 2.38. The highest BCUT2D eigenvalue weighted by Crippen LogP contribution is 2.31. The number of carboxylic acid groups (broad SMARTS) is 1. The molecule has 6 heteroatoms. The predicted octanol–water partition coefficient (Wildman–Crippen LogP) is 2.28. The molecule has 112 valence electrons. The molecule has 0 fully saturated rings. The normalized spacial score (nSPS) is 12.0. The van der Waals surface area contributed by atoms with E-state index in [-0.39, 0.29) is 0 Å². The molecule has 0 aliphatic carbocycles. The first kappa shape index (κ1) is 14.9. The Morgan fingerprint density at radius 1 is 1.38 bits per heavy atom. The molecule has 1 heterocycles. The minimum Gasteiger partial charge on any atom is -0.481 e. The topological polar surface area (TPSA) is 76.4 Å². The van der Waals surface area contributed by atoms with Crippen molar-refractivity contribution in [2.24, 2.45) is 7.05 Å². The lowest BCUT2D eigenvalue weighted by Gasteiger charge is -2.18. The lowest BCUT2D eigenvalue weighted by molar-refractivity contribution is -0.138. The van der Waals surface area contributed by atoms with Crippen molar-refractivity contribution >= 4 is 11.7 Å². The number of aromatic nitrogens is 2. The third-order valence-corrected chi connectivity index (χ3v) is 3.39. The van der Waals surface area contributed by atoms with Gasteiger partial charge in [-0.25, -0.2) is 9.48 Å². The summed E-state index contributed by atoms with van der Waals surface area (Å²) in [5.74, 6) is -0.534. The van der Waals surface area contributed by atoms with Crippen molar-refractivity contribution in [1.29, 1.82) is 0 Å². The van der Waals surface area contributed by atoms with Gasteiger partial charge in [0.05, 0.1) is 18.4 Å². The molecule has 21 heavy (non-hydrogen) atoms. The summed E-state index contributed by atoms with van der Waals surface area (Å²) in [5, 5.41) is 16.9. The van der Waals surface area contributed by atoms with E-state index in [0.717, 1.165) is 11.3 Å². The standard InChI is InChI=1S/C15H19N3O3/c1-9-7-5-6-8-11(9)16-13(15(19)20)12-10(2)17-18(3)14(12)21-4/h5-8,13,16H,1-4H3,(H,19,20). The van der Waals surface area contributed by atoms with Gasteiger partial charge in [-0.05, 0) is 25.5 Å². The number of nitrogens with one attached hydrogen (secondary N) is 1. The van der Waals surface area contributed by atoms with Crippen molar-refractivity contribution in [1.82, 2.24) is 9.78 Å². The molecule has 1 unspecified atom stereocenters. The maximum Gasteiger partial charge on any atom is 0.331 e. The first-order valence-corrected chi connectivity index (χ1v) is 6.58. The number of aliphatic carboxylic acids is 1. The lowest BCUT2D eigenvalue weighted by Crippen LogP contribution is -2.22. The summed E-state index contributed by atoms with van der Waals surface area (Å²) in [6.45, 7) is 3.70. The highest BCUT2D eigenvalue weighted by atomic mass is 16.5. The van der Waals surface area contributed by atoms with Crippen LogP contribution in [0.25, 0.3) is 0 Å². The minimum atomic E-state index is -0.979. The molecular weight excluding hydrogens is 270 g/mol. The fourth-order valence-electron chi connectivity index (χ4n) is 2.38. The highest BCUT2D eigenvalue weighted by Gasteiger charge is 2.29. The molecule has 0 saturated carbocycles. The quantitative estimate of drug-likeness (QED) is 0.883. The van der Waals surface area contributed by atoms with Crippen LogP contribution < -0.4 is 10.1 Å². The second-order valence-electron chi connectivity index (χ2n) is 4.86. The largest absolute Gasteiger partial charge is 0.481 e. The first-order chi connectivity index (χ1) is 9.95. The number of carboxylic acids is 1. The minimum absolute atomic E-state index is 0.445. The van der Waals surface area contributed by atoms with Crippen molar-refractivity contribution < 1.29 is 14.6 Å². The molecule has 1 aromatic heterocycles. The van der Waals surface area contributed by atoms with Gasteiger partial charge in [0.1, 0.15) is 0 Å². The molecule has 6 nitrogen and oxygen atoms in total. The van der Waals surface area contributed by atoms with Crippen molar-refractivity contribution in [2.45, 2.75) is 19.9 Å². The van der Waals surface area contributed by atoms with Gasteiger partial charge in [-0.3, -0.25) is 0 Å². The second-order valence-corrected chi connectivity index (χ2v) is 4.86. The average molecular weight is 289 g/mol. The van der Waals surface area contributed by atoms with E-state index in [4.69, 9.17) is 4.74 Å². The van der Waals surface area contributed by atoms with Crippen LogP contribution in [0.3, 0.4) is 0 Å². The third kappa shape index (κ3) is 2.84. The van der Waals surface area contributed by atoms with Crippen molar-refractivity contribution in [3.05, 3.63) is 41.1 Å². The third-order valence-electron chi connectivity index (χ3n) is 3.39. The Morgan fingerprint density at radius 3 is 2.62 bits per heavy atom. The van der Waals surface area contributed by atoms with Crippen LogP contribution in [0.4, 0.5) is 5.69 Å². The van der Waals surface area contributed by atoms with Crippen molar-refractivity contribution in [3.8, 4) is 5.88 Å². The van der Waals surface area contributed by atoms with Gasteiger partial charge in [0.2, 0.25) is 5.88 Å². The Labute approximate surface area is 123 Å². The van der Waals surface area contributed by atoms with Crippen LogP contribution in [-0.2, 0) is 11.8 Å². The van der Waals surface area contributed by atoms with Gasteiger partial charge in [0.15, 0.2) is 6.04 Å². The van der Waals surface area contributed by atoms with Crippen LogP contribution in [0, 0.1) is 13.8 Å². The number of methoxy groups -OCH3 is 1. The van der Waals surface area contributed by atoms with Crippen molar-refractivity contribution in [3.63, 3.8) is 0 Å². The summed E-state index contributed by atoms with van der Waals surface area (Å²) in [4.78, 5) is 11.7. The molecule has 2 rings (SSSR count). The van der Waals surface area contributed by atoms with Gasteiger partial charge >= 0.3 is 5.97 Å². The molecule has 1 aromatic carbocycles. The number of rotatable bonds is 5. The number of aryl methyl sites for hydroxylation is 3. The number of ether oxygens (including phenoxy) is 1.